The van der Waals surface area contributed by atoms with Crippen LogP contribution in [0.1, 0.15) is 23.7 Å². The summed E-state index contributed by atoms with van der Waals surface area (Å²) in [6.45, 7) is 4.91. The van der Waals surface area contributed by atoms with Crippen LogP contribution in [-0.4, -0.2) is 21.4 Å². The number of rotatable bonds is 6. The summed E-state index contributed by atoms with van der Waals surface area (Å²) in [6, 6.07) is 22.1. The van der Waals surface area contributed by atoms with Crippen LogP contribution in [0.5, 0.6) is 5.75 Å². The van der Waals surface area contributed by atoms with Crippen molar-refractivity contribution in [2.24, 2.45) is 0 Å². The smallest absolute Gasteiger partial charge is 0.270 e. The molecule has 0 bridgehead atoms. The highest BCUT2D eigenvalue weighted by Crippen LogP contribution is 2.38. The molecule has 0 radical (unpaired) electrons. The van der Waals surface area contributed by atoms with Crippen molar-refractivity contribution < 1.29 is 13.9 Å². The van der Waals surface area contributed by atoms with Crippen molar-refractivity contribution >= 4 is 56.9 Å². The summed E-state index contributed by atoms with van der Waals surface area (Å²) < 4.78 is 22.5. The quantitative estimate of drug-likeness (QED) is 0.211. The molecular weight excluding hydrogens is 479 g/mol. The monoisotopic (exact) mass is 502 g/mol. The number of halogens is 1. The van der Waals surface area contributed by atoms with E-state index in [9.17, 15) is 9.18 Å². The van der Waals surface area contributed by atoms with Gasteiger partial charge in [-0.3, -0.25) is 9.69 Å². The number of carbonyl (C=O) groups is 1. The van der Waals surface area contributed by atoms with E-state index in [1.807, 2.05) is 74.5 Å². The molecule has 1 aromatic heterocycles. The number of ether oxygens (including phenoxy) is 1. The highest BCUT2D eigenvalue weighted by molar-refractivity contribution is 8.27. The first-order valence-corrected chi connectivity index (χ1v) is 12.5. The van der Waals surface area contributed by atoms with Gasteiger partial charge in [0.2, 0.25) is 0 Å². The van der Waals surface area contributed by atoms with Gasteiger partial charge >= 0.3 is 0 Å². The van der Waals surface area contributed by atoms with E-state index >= 15 is 0 Å². The van der Waals surface area contributed by atoms with Crippen LogP contribution in [-0.2, 0) is 11.3 Å². The van der Waals surface area contributed by atoms with E-state index in [2.05, 4.69) is 4.57 Å². The van der Waals surface area contributed by atoms with E-state index in [1.54, 1.807) is 17.0 Å². The number of para-hydroxylation sites is 1. The number of thiocarbonyl (C=S) groups is 1. The molecule has 4 aromatic rings. The van der Waals surface area contributed by atoms with E-state index in [0.717, 1.165) is 27.9 Å². The fourth-order valence-electron chi connectivity index (χ4n) is 4.32. The predicted molar refractivity (Wildman–Crippen MR) is 145 cm³/mol. The second kappa shape index (κ2) is 9.68. The summed E-state index contributed by atoms with van der Waals surface area (Å²) in [5.41, 5.74) is 4.20. The highest BCUT2D eigenvalue weighted by Gasteiger charge is 2.33. The van der Waals surface area contributed by atoms with Crippen molar-refractivity contribution in [2.45, 2.75) is 20.4 Å². The summed E-state index contributed by atoms with van der Waals surface area (Å²) in [4.78, 5) is 15.5. The third kappa shape index (κ3) is 4.37. The largest absolute Gasteiger partial charge is 0.494 e. The van der Waals surface area contributed by atoms with Gasteiger partial charge in [0.15, 0.2) is 4.32 Å². The van der Waals surface area contributed by atoms with Crippen molar-refractivity contribution in [3.8, 4) is 5.75 Å². The van der Waals surface area contributed by atoms with E-state index < -0.39 is 0 Å². The average Bonchev–Trinajstić information content (AvgIpc) is 3.29. The number of benzene rings is 3. The molecule has 0 unspecified atom stereocenters. The van der Waals surface area contributed by atoms with Gasteiger partial charge in [-0.2, -0.15) is 0 Å². The lowest BCUT2D eigenvalue weighted by Gasteiger charge is -2.15. The number of hydrogen-bond donors (Lipinski definition) is 0. The number of aromatic nitrogens is 1. The van der Waals surface area contributed by atoms with Gasteiger partial charge in [-0.05, 0) is 56.3 Å². The summed E-state index contributed by atoms with van der Waals surface area (Å²) >= 11 is 6.85. The SMILES string of the molecule is CCOc1ccc(N2C(=O)/C(=C/c3c(C)n(Cc4ccccc4F)c4ccccc34)SC2=S)cc1. The molecule has 0 spiro atoms. The summed E-state index contributed by atoms with van der Waals surface area (Å²) in [6.07, 6.45) is 1.91. The molecule has 0 aliphatic carbocycles. The van der Waals surface area contributed by atoms with Crippen LogP contribution >= 0.6 is 24.0 Å². The molecule has 0 atom stereocenters. The van der Waals surface area contributed by atoms with Gasteiger partial charge in [0, 0.05) is 27.7 Å². The Morgan fingerprint density at radius 2 is 1.74 bits per heavy atom. The van der Waals surface area contributed by atoms with Crippen LogP contribution in [0.25, 0.3) is 17.0 Å². The van der Waals surface area contributed by atoms with Crippen molar-refractivity contribution in [1.29, 1.82) is 0 Å². The fourth-order valence-corrected chi connectivity index (χ4v) is 5.60. The van der Waals surface area contributed by atoms with E-state index in [4.69, 9.17) is 17.0 Å². The van der Waals surface area contributed by atoms with E-state index in [0.29, 0.717) is 33.6 Å². The van der Waals surface area contributed by atoms with E-state index in [1.165, 1.54) is 17.8 Å². The number of carbonyl (C=O) groups excluding carboxylic acids is 1. The average molecular weight is 503 g/mol. The molecule has 1 saturated heterocycles. The van der Waals surface area contributed by atoms with Crippen molar-refractivity contribution in [3.05, 3.63) is 100 Å². The maximum absolute atomic E-state index is 14.4. The molecule has 35 heavy (non-hydrogen) atoms. The van der Waals surface area contributed by atoms with Gasteiger partial charge in [-0.1, -0.05) is 60.4 Å². The predicted octanol–water partition coefficient (Wildman–Crippen LogP) is 6.94. The first-order valence-electron chi connectivity index (χ1n) is 11.3. The zero-order chi connectivity index (χ0) is 24.5. The Hall–Kier alpha value is -3.42. The zero-order valence-corrected chi connectivity index (χ0v) is 21.0. The third-order valence-corrected chi connectivity index (χ3v) is 7.34. The Morgan fingerprint density at radius 1 is 1.03 bits per heavy atom. The van der Waals surface area contributed by atoms with Gasteiger partial charge in [-0.25, -0.2) is 4.39 Å². The molecule has 4 nitrogen and oxygen atoms in total. The Labute approximate surface area is 213 Å². The zero-order valence-electron chi connectivity index (χ0n) is 19.3. The van der Waals surface area contributed by atoms with Crippen LogP contribution in [0.15, 0.2) is 77.7 Å². The normalized spacial score (nSPS) is 14.9. The lowest BCUT2D eigenvalue weighted by atomic mass is 10.1. The van der Waals surface area contributed by atoms with Gasteiger partial charge in [0.05, 0.1) is 23.7 Å². The molecular formula is C28H23FN2O2S2. The molecule has 1 aliphatic rings. The van der Waals surface area contributed by atoms with Gasteiger partial charge in [-0.15, -0.1) is 0 Å². The number of nitrogens with zero attached hydrogens (tertiary/aromatic N) is 2. The molecule has 1 fully saturated rings. The summed E-state index contributed by atoms with van der Waals surface area (Å²) in [5.74, 6) is 0.354. The number of amides is 1. The minimum atomic E-state index is -0.234. The topological polar surface area (TPSA) is 34.5 Å². The molecule has 176 valence electrons. The van der Waals surface area contributed by atoms with Gasteiger partial charge < -0.3 is 9.30 Å². The lowest BCUT2D eigenvalue weighted by molar-refractivity contribution is -0.113. The van der Waals surface area contributed by atoms with Crippen LogP contribution < -0.4 is 9.64 Å². The number of fused-ring (bicyclic) bond motifs is 1. The highest BCUT2D eigenvalue weighted by atomic mass is 32.2. The van der Waals surface area contributed by atoms with Crippen LogP contribution in [0.2, 0.25) is 0 Å². The molecule has 1 amide bonds. The third-order valence-electron chi connectivity index (χ3n) is 6.04. The molecule has 2 heterocycles. The second-order valence-corrected chi connectivity index (χ2v) is 9.81. The first-order chi connectivity index (χ1) is 17.0. The van der Waals surface area contributed by atoms with Crippen LogP contribution in [0.3, 0.4) is 0 Å². The molecule has 0 N–H and O–H groups in total. The maximum Gasteiger partial charge on any atom is 0.270 e. The number of anilines is 1. The molecule has 1 aliphatic heterocycles. The first kappa shape index (κ1) is 23.3. The minimum absolute atomic E-state index is 0.158. The molecule has 3 aromatic carbocycles. The Balaban J connectivity index is 1.52. The van der Waals surface area contributed by atoms with Crippen molar-refractivity contribution in [2.75, 3.05) is 11.5 Å². The summed E-state index contributed by atoms with van der Waals surface area (Å²) in [5, 5.41) is 1.01. The Kier molecular flexibility index (Phi) is 6.45. The molecule has 5 rings (SSSR count). The van der Waals surface area contributed by atoms with Crippen molar-refractivity contribution in [1.82, 2.24) is 4.57 Å². The lowest BCUT2D eigenvalue weighted by Crippen LogP contribution is -2.27. The number of hydrogen-bond acceptors (Lipinski definition) is 4. The Bertz CT molecular complexity index is 1470. The van der Waals surface area contributed by atoms with Crippen LogP contribution in [0.4, 0.5) is 10.1 Å². The van der Waals surface area contributed by atoms with E-state index in [-0.39, 0.29) is 11.7 Å². The van der Waals surface area contributed by atoms with Gasteiger partial charge in [0.1, 0.15) is 11.6 Å². The minimum Gasteiger partial charge on any atom is -0.494 e. The summed E-state index contributed by atoms with van der Waals surface area (Å²) in [7, 11) is 0. The molecule has 7 heteroatoms. The molecule has 0 saturated carbocycles. The second-order valence-electron chi connectivity index (χ2n) is 8.14. The maximum atomic E-state index is 14.4. The number of thioether (sulfide) groups is 1. The van der Waals surface area contributed by atoms with Crippen molar-refractivity contribution in [3.63, 3.8) is 0 Å². The standard InChI is InChI=1S/C28H23FN2O2S2/c1-3-33-21-14-12-20(13-15-21)31-27(32)26(35-28(31)34)16-23-18(2)30(25-11-7-5-9-22(23)25)17-19-8-4-6-10-24(19)29/h4-16H,3,17H2,1-2H3/b26-16-. The van der Waals surface area contributed by atoms with Gasteiger partial charge in [0.25, 0.3) is 5.91 Å². The Morgan fingerprint density at radius 3 is 2.49 bits per heavy atom. The fraction of sp³-hybridized carbons (Fsp3) is 0.143. The van der Waals surface area contributed by atoms with Crippen LogP contribution in [0, 0.1) is 12.7 Å².